The van der Waals surface area contributed by atoms with Gasteiger partial charge in [0.15, 0.2) is 0 Å². The summed E-state index contributed by atoms with van der Waals surface area (Å²) in [7, 11) is 0. The van der Waals surface area contributed by atoms with Crippen molar-refractivity contribution in [3.8, 4) is 0 Å². The summed E-state index contributed by atoms with van der Waals surface area (Å²) in [6.45, 7) is 3.60. The molecule has 1 aromatic carbocycles. The molecule has 0 spiro atoms. The van der Waals surface area contributed by atoms with Gasteiger partial charge in [-0.1, -0.05) is 13.0 Å². The molecule has 1 heterocycles. The lowest BCUT2D eigenvalue weighted by Crippen LogP contribution is -2.21. The molecule has 0 atom stereocenters. The van der Waals surface area contributed by atoms with Gasteiger partial charge in [0.2, 0.25) is 5.91 Å². The number of nitrogens with one attached hydrogen (secondary N) is 3. The van der Waals surface area contributed by atoms with Crippen molar-refractivity contribution in [3.05, 3.63) is 24.4 Å². The summed E-state index contributed by atoms with van der Waals surface area (Å²) in [4.78, 5) is 11.7. The van der Waals surface area contributed by atoms with Crippen LogP contribution in [0.25, 0.3) is 10.9 Å². The van der Waals surface area contributed by atoms with Crippen LogP contribution in [0.4, 0.5) is 5.69 Å². The Morgan fingerprint density at radius 2 is 2.35 bits per heavy atom. The molecule has 17 heavy (non-hydrogen) atoms. The number of aromatic nitrogens is 2. The maximum atomic E-state index is 11.7. The van der Waals surface area contributed by atoms with Crippen molar-refractivity contribution in [2.75, 3.05) is 18.4 Å². The number of rotatable bonds is 5. The maximum Gasteiger partial charge on any atom is 0.225 e. The van der Waals surface area contributed by atoms with E-state index in [9.17, 15) is 4.79 Å². The van der Waals surface area contributed by atoms with Gasteiger partial charge in [-0.3, -0.25) is 9.89 Å². The van der Waals surface area contributed by atoms with Crippen molar-refractivity contribution in [2.24, 2.45) is 0 Å². The minimum absolute atomic E-state index is 0.0136. The number of hydrogen-bond acceptors (Lipinski definition) is 3. The normalized spacial score (nSPS) is 10.6. The van der Waals surface area contributed by atoms with E-state index in [2.05, 4.69) is 20.8 Å². The molecular weight excluding hydrogens is 216 g/mol. The fourth-order valence-corrected chi connectivity index (χ4v) is 1.67. The summed E-state index contributed by atoms with van der Waals surface area (Å²) in [5.41, 5.74) is 1.73. The monoisotopic (exact) mass is 232 g/mol. The van der Waals surface area contributed by atoms with Crippen molar-refractivity contribution >= 4 is 22.5 Å². The molecule has 0 aliphatic heterocycles. The standard InChI is InChI=1S/C12H16N4O/c1-2-13-7-6-12(17)15-10-4-3-5-11-9(10)8-14-16-11/h3-5,8,13H,2,6-7H2,1H3,(H,14,16)(H,15,17). The average Bonchev–Trinajstić information content (AvgIpc) is 2.78. The molecule has 1 aromatic heterocycles. The molecule has 3 N–H and O–H groups in total. The summed E-state index contributed by atoms with van der Waals surface area (Å²) < 4.78 is 0. The van der Waals surface area contributed by atoms with Gasteiger partial charge in [-0.25, -0.2) is 0 Å². The Morgan fingerprint density at radius 3 is 3.18 bits per heavy atom. The SMILES string of the molecule is CCNCCC(=O)Nc1cccc2[nH]ncc12. The molecule has 2 rings (SSSR count). The smallest absolute Gasteiger partial charge is 0.225 e. The van der Waals surface area contributed by atoms with Crippen molar-refractivity contribution < 1.29 is 4.79 Å². The van der Waals surface area contributed by atoms with Crippen LogP contribution in [-0.4, -0.2) is 29.2 Å². The largest absolute Gasteiger partial charge is 0.325 e. The molecule has 0 radical (unpaired) electrons. The van der Waals surface area contributed by atoms with Crippen LogP contribution in [0.15, 0.2) is 24.4 Å². The number of hydrogen-bond donors (Lipinski definition) is 3. The first-order valence-corrected chi connectivity index (χ1v) is 5.74. The Morgan fingerprint density at radius 1 is 1.47 bits per heavy atom. The second-order valence-electron chi connectivity index (χ2n) is 3.79. The van der Waals surface area contributed by atoms with Crippen LogP contribution in [0.5, 0.6) is 0 Å². The topological polar surface area (TPSA) is 69.8 Å². The highest BCUT2D eigenvalue weighted by atomic mass is 16.1. The maximum absolute atomic E-state index is 11.7. The Balaban J connectivity index is 2.03. The Bertz CT molecular complexity index is 506. The molecule has 0 saturated heterocycles. The second kappa shape index (κ2) is 5.45. The zero-order chi connectivity index (χ0) is 12.1. The number of carbonyl (C=O) groups excluding carboxylic acids is 1. The van der Waals surface area contributed by atoms with Gasteiger partial charge in [0.05, 0.1) is 17.4 Å². The van der Waals surface area contributed by atoms with E-state index in [-0.39, 0.29) is 5.91 Å². The Kier molecular flexibility index (Phi) is 3.72. The first-order valence-electron chi connectivity index (χ1n) is 5.74. The van der Waals surface area contributed by atoms with E-state index in [4.69, 9.17) is 0 Å². The zero-order valence-electron chi connectivity index (χ0n) is 9.79. The van der Waals surface area contributed by atoms with Crippen molar-refractivity contribution in [3.63, 3.8) is 0 Å². The van der Waals surface area contributed by atoms with Crippen molar-refractivity contribution in [1.29, 1.82) is 0 Å². The molecule has 0 bridgehead atoms. The predicted molar refractivity (Wildman–Crippen MR) is 67.9 cm³/mol. The van der Waals surface area contributed by atoms with Gasteiger partial charge in [0.25, 0.3) is 0 Å². The van der Waals surface area contributed by atoms with E-state index in [1.165, 1.54) is 0 Å². The summed E-state index contributed by atoms with van der Waals surface area (Å²) >= 11 is 0. The number of fused-ring (bicyclic) bond motifs is 1. The van der Waals surface area contributed by atoms with E-state index >= 15 is 0 Å². The summed E-state index contributed by atoms with van der Waals surface area (Å²) in [6.07, 6.45) is 2.19. The molecule has 90 valence electrons. The third-order valence-corrected chi connectivity index (χ3v) is 2.54. The van der Waals surface area contributed by atoms with E-state index in [0.29, 0.717) is 13.0 Å². The van der Waals surface area contributed by atoms with Crippen LogP contribution in [0.3, 0.4) is 0 Å². The van der Waals surface area contributed by atoms with E-state index < -0.39 is 0 Å². The molecule has 1 amide bonds. The number of nitrogens with zero attached hydrogens (tertiary/aromatic N) is 1. The van der Waals surface area contributed by atoms with E-state index in [1.54, 1.807) is 6.20 Å². The third-order valence-electron chi connectivity index (χ3n) is 2.54. The molecule has 5 heteroatoms. The van der Waals surface area contributed by atoms with Crippen LogP contribution < -0.4 is 10.6 Å². The first kappa shape index (κ1) is 11.6. The highest BCUT2D eigenvalue weighted by Crippen LogP contribution is 2.20. The van der Waals surface area contributed by atoms with Crippen LogP contribution in [0.2, 0.25) is 0 Å². The van der Waals surface area contributed by atoms with Gasteiger partial charge in [0.1, 0.15) is 0 Å². The molecule has 2 aromatic rings. The van der Waals surface area contributed by atoms with Crippen molar-refractivity contribution in [2.45, 2.75) is 13.3 Å². The van der Waals surface area contributed by atoms with Crippen molar-refractivity contribution in [1.82, 2.24) is 15.5 Å². The molecule has 0 fully saturated rings. The number of benzene rings is 1. The van der Waals surface area contributed by atoms with E-state index in [1.807, 2.05) is 25.1 Å². The van der Waals surface area contributed by atoms with Gasteiger partial charge >= 0.3 is 0 Å². The predicted octanol–water partition coefficient (Wildman–Crippen LogP) is 1.50. The van der Waals surface area contributed by atoms with Crippen LogP contribution in [0.1, 0.15) is 13.3 Å². The van der Waals surface area contributed by atoms with Gasteiger partial charge < -0.3 is 10.6 Å². The van der Waals surface area contributed by atoms with E-state index in [0.717, 1.165) is 23.1 Å². The number of carbonyl (C=O) groups is 1. The first-order chi connectivity index (χ1) is 8.31. The van der Waals surface area contributed by atoms with Gasteiger partial charge in [-0.05, 0) is 18.7 Å². The molecule has 0 aliphatic rings. The highest BCUT2D eigenvalue weighted by molar-refractivity contribution is 6.00. The lowest BCUT2D eigenvalue weighted by molar-refractivity contribution is -0.116. The molecule has 5 nitrogen and oxygen atoms in total. The zero-order valence-corrected chi connectivity index (χ0v) is 9.79. The molecule has 0 aliphatic carbocycles. The van der Waals surface area contributed by atoms with Gasteiger partial charge in [0, 0.05) is 18.4 Å². The van der Waals surface area contributed by atoms with Crippen LogP contribution in [-0.2, 0) is 4.79 Å². The fourth-order valence-electron chi connectivity index (χ4n) is 1.67. The van der Waals surface area contributed by atoms with Crippen LogP contribution >= 0.6 is 0 Å². The van der Waals surface area contributed by atoms with Gasteiger partial charge in [-0.2, -0.15) is 5.10 Å². The number of anilines is 1. The van der Waals surface area contributed by atoms with Gasteiger partial charge in [-0.15, -0.1) is 0 Å². The quantitative estimate of drug-likeness (QED) is 0.684. The Labute approximate surface area is 99.6 Å². The summed E-state index contributed by atoms with van der Waals surface area (Å²) in [5.74, 6) is 0.0136. The lowest BCUT2D eigenvalue weighted by atomic mass is 10.2. The lowest BCUT2D eigenvalue weighted by Gasteiger charge is -2.06. The highest BCUT2D eigenvalue weighted by Gasteiger charge is 2.06. The molecule has 0 saturated carbocycles. The minimum atomic E-state index is 0.0136. The number of amides is 1. The summed E-state index contributed by atoms with van der Waals surface area (Å²) in [5, 5.41) is 13.8. The minimum Gasteiger partial charge on any atom is -0.325 e. The average molecular weight is 232 g/mol. The third kappa shape index (κ3) is 2.82. The fraction of sp³-hybridized carbons (Fsp3) is 0.333. The number of aromatic amines is 1. The molecular formula is C12H16N4O. The molecule has 0 unspecified atom stereocenters. The second-order valence-corrected chi connectivity index (χ2v) is 3.79. The van der Waals surface area contributed by atoms with Crippen LogP contribution in [0, 0.1) is 0 Å². The number of H-pyrrole nitrogens is 1. The summed E-state index contributed by atoms with van der Waals surface area (Å²) in [6, 6.07) is 5.69. The Hall–Kier alpha value is -1.88.